The molecule has 0 aliphatic heterocycles. The molecule has 0 aromatic heterocycles. The number of hydrogen-bond acceptors (Lipinski definition) is 2. The number of carbonyl (C=O) groups excluding carboxylic acids is 1. The highest BCUT2D eigenvalue weighted by Crippen LogP contribution is 2.59. The third-order valence-corrected chi connectivity index (χ3v) is 4.48. The van der Waals surface area contributed by atoms with E-state index >= 15 is 0 Å². The van der Waals surface area contributed by atoms with Gasteiger partial charge >= 0.3 is 5.97 Å². The van der Waals surface area contributed by atoms with Crippen LogP contribution >= 0.6 is 0 Å². The fraction of sp³-hybridized carbons (Fsp3) is 0.923. The van der Waals surface area contributed by atoms with Crippen molar-refractivity contribution in [2.45, 2.75) is 59.0 Å². The molecule has 0 bridgehead atoms. The summed E-state index contributed by atoms with van der Waals surface area (Å²) in [6.45, 7) is 8.10. The van der Waals surface area contributed by atoms with E-state index in [2.05, 4.69) is 6.92 Å². The Morgan fingerprint density at radius 2 is 2.20 bits per heavy atom. The van der Waals surface area contributed by atoms with Crippen molar-refractivity contribution in [1.82, 2.24) is 0 Å². The standard InChI is InChI=1S/C13H22O2/c1-5-12(2,3)11(14)15-13(4)7-6-9-8-10(9)13/h9-10H,5-8H2,1-4H3. The molecular formula is C13H22O2. The number of hydrogen-bond donors (Lipinski definition) is 0. The van der Waals surface area contributed by atoms with E-state index in [0.717, 1.165) is 18.8 Å². The van der Waals surface area contributed by atoms with Gasteiger partial charge in [-0.2, -0.15) is 0 Å². The van der Waals surface area contributed by atoms with Crippen molar-refractivity contribution < 1.29 is 9.53 Å². The molecule has 15 heavy (non-hydrogen) atoms. The number of rotatable bonds is 3. The van der Waals surface area contributed by atoms with Gasteiger partial charge in [0.2, 0.25) is 0 Å². The Labute approximate surface area is 92.4 Å². The zero-order chi connectivity index (χ0) is 11.3. The molecule has 2 rings (SSSR count). The van der Waals surface area contributed by atoms with Crippen molar-refractivity contribution in [1.29, 1.82) is 0 Å². The van der Waals surface area contributed by atoms with Crippen LogP contribution in [-0.4, -0.2) is 11.6 Å². The SMILES string of the molecule is CCC(C)(C)C(=O)OC1(C)CCC2CC21. The van der Waals surface area contributed by atoms with Crippen molar-refractivity contribution >= 4 is 5.97 Å². The first-order chi connectivity index (χ1) is 6.89. The summed E-state index contributed by atoms with van der Waals surface area (Å²) in [4.78, 5) is 12.0. The lowest BCUT2D eigenvalue weighted by atomic mass is 9.89. The van der Waals surface area contributed by atoms with Crippen LogP contribution < -0.4 is 0 Å². The molecule has 2 aliphatic carbocycles. The van der Waals surface area contributed by atoms with Crippen LogP contribution in [-0.2, 0) is 9.53 Å². The van der Waals surface area contributed by atoms with Gasteiger partial charge in [0.25, 0.3) is 0 Å². The summed E-state index contributed by atoms with van der Waals surface area (Å²) < 4.78 is 5.77. The van der Waals surface area contributed by atoms with Gasteiger partial charge in [0.05, 0.1) is 5.41 Å². The summed E-state index contributed by atoms with van der Waals surface area (Å²) in [5.41, 5.74) is -0.468. The highest BCUT2D eigenvalue weighted by Gasteiger charge is 2.58. The predicted molar refractivity (Wildman–Crippen MR) is 59.4 cm³/mol. The minimum atomic E-state index is -0.323. The minimum absolute atomic E-state index is 0.0138. The fourth-order valence-electron chi connectivity index (χ4n) is 2.59. The number of ether oxygens (including phenoxy) is 1. The Bertz CT molecular complexity index is 282. The maximum atomic E-state index is 12.0. The van der Waals surface area contributed by atoms with Crippen LogP contribution in [0.5, 0.6) is 0 Å². The van der Waals surface area contributed by atoms with E-state index in [1.54, 1.807) is 0 Å². The van der Waals surface area contributed by atoms with Gasteiger partial charge in [0.1, 0.15) is 5.60 Å². The van der Waals surface area contributed by atoms with Gasteiger partial charge in [0.15, 0.2) is 0 Å². The molecule has 0 spiro atoms. The van der Waals surface area contributed by atoms with E-state index in [4.69, 9.17) is 4.74 Å². The second-order valence-electron chi connectivity index (χ2n) is 6.08. The van der Waals surface area contributed by atoms with Crippen LogP contribution in [0.15, 0.2) is 0 Å². The molecule has 2 saturated carbocycles. The zero-order valence-electron chi connectivity index (χ0n) is 10.3. The van der Waals surface area contributed by atoms with E-state index in [1.165, 1.54) is 12.8 Å². The monoisotopic (exact) mass is 210 g/mol. The van der Waals surface area contributed by atoms with Crippen LogP contribution in [0.3, 0.4) is 0 Å². The Kier molecular flexibility index (Phi) is 2.36. The van der Waals surface area contributed by atoms with E-state index < -0.39 is 0 Å². The smallest absolute Gasteiger partial charge is 0.312 e. The quantitative estimate of drug-likeness (QED) is 0.669. The number of fused-ring (bicyclic) bond motifs is 1. The second-order valence-corrected chi connectivity index (χ2v) is 6.08. The van der Waals surface area contributed by atoms with Gasteiger partial charge in [-0.3, -0.25) is 4.79 Å². The first-order valence-corrected chi connectivity index (χ1v) is 6.12. The molecule has 0 heterocycles. The van der Waals surface area contributed by atoms with Crippen molar-refractivity contribution in [3.63, 3.8) is 0 Å². The van der Waals surface area contributed by atoms with Crippen LogP contribution in [0.2, 0.25) is 0 Å². The average molecular weight is 210 g/mol. The van der Waals surface area contributed by atoms with Crippen LogP contribution in [0.4, 0.5) is 0 Å². The molecule has 2 nitrogen and oxygen atoms in total. The molecular weight excluding hydrogens is 188 g/mol. The highest BCUT2D eigenvalue weighted by atomic mass is 16.6. The highest BCUT2D eigenvalue weighted by molar-refractivity contribution is 5.76. The van der Waals surface area contributed by atoms with E-state index in [9.17, 15) is 4.79 Å². The Balaban J connectivity index is 2.00. The molecule has 0 N–H and O–H groups in total. The summed E-state index contributed by atoms with van der Waals surface area (Å²) in [5, 5.41) is 0. The molecule has 0 aromatic rings. The molecule has 0 amide bonds. The predicted octanol–water partition coefficient (Wildman–Crippen LogP) is 3.15. The largest absolute Gasteiger partial charge is 0.459 e. The van der Waals surface area contributed by atoms with Crippen molar-refractivity contribution in [3.05, 3.63) is 0 Å². The van der Waals surface area contributed by atoms with Gasteiger partial charge in [-0.1, -0.05) is 6.92 Å². The van der Waals surface area contributed by atoms with Gasteiger partial charge in [0, 0.05) is 5.92 Å². The average Bonchev–Trinajstić information content (AvgIpc) is 2.89. The Morgan fingerprint density at radius 1 is 1.53 bits per heavy atom. The van der Waals surface area contributed by atoms with Crippen molar-refractivity contribution in [2.24, 2.45) is 17.3 Å². The van der Waals surface area contributed by atoms with Gasteiger partial charge in [-0.15, -0.1) is 0 Å². The molecule has 0 radical (unpaired) electrons. The molecule has 3 unspecified atom stereocenters. The van der Waals surface area contributed by atoms with E-state index in [-0.39, 0.29) is 17.0 Å². The maximum Gasteiger partial charge on any atom is 0.312 e. The summed E-state index contributed by atoms with van der Waals surface area (Å²) in [5.74, 6) is 1.50. The lowest BCUT2D eigenvalue weighted by Crippen LogP contribution is -2.37. The molecule has 0 saturated heterocycles. The topological polar surface area (TPSA) is 26.3 Å². The van der Waals surface area contributed by atoms with Gasteiger partial charge in [-0.05, 0) is 52.4 Å². The van der Waals surface area contributed by atoms with Crippen molar-refractivity contribution in [2.75, 3.05) is 0 Å². The van der Waals surface area contributed by atoms with E-state index in [0.29, 0.717) is 5.92 Å². The van der Waals surface area contributed by atoms with Crippen LogP contribution in [0.1, 0.15) is 53.4 Å². The summed E-state index contributed by atoms with van der Waals surface area (Å²) in [6.07, 6.45) is 4.43. The minimum Gasteiger partial charge on any atom is -0.459 e. The molecule has 3 atom stereocenters. The second kappa shape index (κ2) is 3.23. The Hall–Kier alpha value is -0.530. The third kappa shape index (κ3) is 1.79. The normalized spacial score (nSPS) is 38.7. The third-order valence-electron chi connectivity index (χ3n) is 4.48. The first-order valence-electron chi connectivity index (χ1n) is 6.12. The Morgan fingerprint density at radius 3 is 2.60 bits per heavy atom. The first kappa shape index (κ1) is 11.0. The number of esters is 1. The van der Waals surface area contributed by atoms with Crippen LogP contribution in [0, 0.1) is 17.3 Å². The lowest BCUT2D eigenvalue weighted by Gasteiger charge is -2.31. The number of carbonyl (C=O) groups is 1. The summed E-state index contributed by atoms with van der Waals surface area (Å²) >= 11 is 0. The van der Waals surface area contributed by atoms with Gasteiger partial charge in [-0.25, -0.2) is 0 Å². The maximum absolute atomic E-state index is 12.0. The molecule has 2 heteroatoms. The van der Waals surface area contributed by atoms with Crippen LogP contribution in [0.25, 0.3) is 0 Å². The molecule has 2 fully saturated rings. The van der Waals surface area contributed by atoms with Gasteiger partial charge < -0.3 is 4.74 Å². The summed E-state index contributed by atoms with van der Waals surface area (Å²) in [6, 6.07) is 0. The van der Waals surface area contributed by atoms with Crippen molar-refractivity contribution in [3.8, 4) is 0 Å². The fourth-order valence-corrected chi connectivity index (χ4v) is 2.59. The zero-order valence-corrected chi connectivity index (χ0v) is 10.3. The lowest BCUT2D eigenvalue weighted by molar-refractivity contribution is -0.170. The molecule has 0 aromatic carbocycles. The summed E-state index contributed by atoms with van der Waals surface area (Å²) in [7, 11) is 0. The molecule has 2 aliphatic rings. The molecule has 86 valence electrons. The van der Waals surface area contributed by atoms with E-state index in [1.807, 2.05) is 20.8 Å².